The third kappa shape index (κ3) is 9.71. The van der Waals surface area contributed by atoms with E-state index in [1.54, 1.807) is 0 Å². The van der Waals surface area contributed by atoms with Crippen molar-refractivity contribution in [2.45, 2.75) is 23.6 Å². The molecule has 4 amide bonds. The van der Waals surface area contributed by atoms with E-state index < -0.39 is 64.7 Å². The fraction of sp³-hybridized carbons (Fsp3) is 0.0526. The number of nitrogens with zero attached hydrogens (tertiary/aromatic N) is 4. The zero-order valence-electron chi connectivity index (χ0n) is 30.9. The van der Waals surface area contributed by atoms with Crippen LogP contribution in [-0.4, -0.2) is 59.8 Å². The van der Waals surface area contributed by atoms with Gasteiger partial charge in [0, 0.05) is 47.4 Å². The maximum Gasteiger partial charge on any atom is 0.314 e. The van der Waals surface area contributed by atoms with Crippen molar-refractivity contribution in [3.8, 4) is 11.5 Å². The maximum atomic E-state index is 12.9. The number of carbonyl (C=O) groups excluding carboxylic acids is 4. The first-order valence-electron chi connectivity index (χ1n) is 17.0. The summed E-state index contributed by atoms with van der Waals surface area (Å²) in [5, 5.41) is 47.4. The van der Waals surface area contributed by atoms with Crippen molar-refractivity contribution >= 4 is 111 Å². The van der Waals surface area contributed by atoms with Gasteiger partial charge in [-0.05, 0) is 108 Å². The van der Waals surface area contributed by atoms with Crippen LogP contribution in [0.3, 0.4) is 0 Å². The lowest BCUT2D eigenvalue weighted by atomic mass is 10.1. The summed E-state index contributed by atoms with van der Waals surface area (Å²) < 4.78 is 69.3. The molecule has 0 heterocycles. The Balaban J connectivity index is 1.21. The molecule has 60 heavy (non-hydrogen) atoms. The summed E-state index contributed by atoms with van der Waals surface area (Å²) in [5.74, 6) is -4.40. The molecule has 0 bridgehead atoms. The summed E-state index contributed by atoms with van der Waals surface area (Å²) in [7, 11) is -10.0. The van der Waals surface area contributed by atoms with E-state index in [0.717, 1.165) is 12.1 Å². The molecule has 22 heteroatoms. The molecule has 0 atom stereocenters. The van der Waals surface area contributed by atoms with Crippen molar-refractivity contribution in [1.29, 1.82) is 0 Å². The van der Waals surface area contributed by atoms with Gasteiger partial charge in [-0.3, -0.25) is 28.3 Å². The van der Waals surface area contributed by atoms with E-state index in [2.05, 4.69) is 41.7 Å². The van der Waals surface area contributed by atoms with Gasteiger partial charge in [-0.2, -0.15) is 27.1 Å². The molecular formula is C38H30N8O12S2. The average Bonchev–Trinajstić information content (AvgIpc) is 3.17. The maximum absolute atomic E-state index is 12.9. The number of amides is 4. The third-order valence-electron chi connectivity index (χ3n) is 8.29. The first-order valence-corrected chi connectivity index (χ1v) is 19.9. The van der Waals surface area contributed by atoms with Gasteiger partial charge in [0.25, 0.3) is 20.2 Å². The Morgan fingerprint density at radius 1 is 0.467 bits per heavy atom. The van der Waals surface area contributed by atoms with E-state index in [0.29, 0.717) is 11.4 Å². The number of phenolic OH excluding ortho intramolecular Hbond substituents is 2. The summed E-state index contributed by atoms with van der Waals surface area (Å²) >= 11 is 0. The van der Waals surface area contributed by atoms with Crippen LogP contribution in [0.2, 0.25) is 0 Å². The minimum absolute atomic E-state index is 0.000282. The van der Waals surface area contributed by atoms with Crippen molar-refractivity contribution in [3.05, 3.63) is 97.1 Å². The molecule has 0 aliphatic carbocycles. The highest BCUT2D eigenvalue weighted by Gasteiger charge is 2.25. The van der Waals surface area contributed by atoms with Crippen LogP contribution in [0.1, 0.15) is 13.8 Å². The number of fused-ring (bicyclic) bond motifs is 2. The van der Waals surface area contributed by atoms with E-state index in [4.69, 9.17) is 0 Å². The van der Waals surface area contributed by atoms with Gasteiger partial charge < -0.3 is 31.5 Å². The Morgan fingerprint density at radius 3 is 1.12 bits per heavy atom. The summed E-state index contributed by atoms with van der Waals surface area (Å²) in [4.78, 5) is 46.8. The quantitative estimate of drug-likeness (QED) is 0.0385. The number of rotatable bonds is 10. The SMILES string of the molecule is CC(=O)Nc1ccc(N=Nc2c(S(=O)(=O)O)cc3cc(NC(=O)C(=O)Nc4ccc5c(O)c(N=Nc6ccc(NC(C)=O)cc6)c(S(=O)(=O)O)cc5c4)ccc3c2O)cc1. The van der Waals surface area contributed by atoms with Crippen molar-refractivity contribution in [1.82, 2.24) is 0 Å². The normalized spacial score (nSPS) is 11.9. The number of aromatic hydroxyl groups is 2. The molecule has 0 unspecified atom stereocenters. The number of carbonyl (C=O) groups is 4. The molecule has 6 rings (SSSR count). The van der Waals surface area contributed by atoms with Crippen LogP contribution in [0.25, 0.3) is 21.5 Å². The van der Waals surface area contributed by atoms with E-state index in [-0.39, 0.29) is 56.1 Å². The van der Waals surface area contributed by atoms with E-state index in [9.17, 15) is 55.3 Å². The number of benzene rings is 6. The minimum Gasteiger partial charge on any atom is -0.505 e. The molecule has 306 valence electrons. The molecule has 0 aliphatic heterocycles. The molecule has 0 spiro atoms. The van der Waals surface area contributed by atoms with Gasteiger partial charge in [-0.15, -0.1) is 10.2 Å². The Bertz CT molecular complexity index is 2840. The van der Waals surface area contributed by atoms with E-state index in [1.807, 2.05) is 0 Å². The number of phenols is 2. The number of nitrogens with one attached hydrogen (secondary N) is 4. The van der Waals surface area contributed by atoms with Gasteiger partial charge in [0.2, 0.25) is 11.8 Å². The third-order valence-corrected chi connectivity index (χ3v) is 10.0. The van der Waals surface area contributed by atoms with Crippen LogP contribution in [0.15, 0.2) is 127 Å². The van der Waals surface area contributed by atoms with Gasteiger partial charge in [0.15, 0.2) is 11.5 Å². The number of anilines is 4. The van der Waals surface area contributed by atoms with Crippen molar-refractivity contribution in [3.63, 3.8) is 0 Å². The fourth-order valence-corrected chi connectivity index (χ4v) is 6.98. The molecule has 0 saturated carbocycles. The van der Waals surface area contributed by atoms with Gasteiger partial charge in [0.05, 0.1) is 11.4 Å². The van der Waals surface area contributed by atoms with Crippen LogP contribution in [0.5, 0.6) is 11.5 Å². The molecule has 0 saturated heterocycles. The topological polar surface area (TPSA) is 315 Å². The molecular weight excluding hydrogens is 825 g/mol. The van der Waals surface area contributed by atoms with Crippen LogP contribution in [0.4, 0.5) is 45.5 Å². The molecule has 0 aromatic heterocycles. The highest BCUT2D eigenvalue weighted by atomic mass is 32.2. The predicted molar refractivity (Wildman–Crippen MR) is 218 cm³/mol. The molecule has 6 aromatic rings. The zero-order valence-corrected chi connectivity index (χ0v) is 32.5. The van der Waals surface area contributed by atoms with Gasteiger partial charge in [0.1, 0.15) is 21.2 Å². The Morgan fingerprint density at radius 2 is 0.800 bits per heavy atom. The van der Waals surface area contributed by atoms with E-state index >= 15 is 0 Å². The van der Waals surface area contributed by atoms with Gasteiger partial charge >= 0.3 is 11.8 Å². The number of azo groups is 2. The van der Waals surface area contributed by atoms with Gasteiger partial charge in [-0.25, -0.2) is 0 Å². The first kappa shape index (κ1) is 42.0. The molecule has 0 aliphatic rings. The molecule has 20 nitrogen and oxygen atoms in total. The largest absolute Gasteiger partial charge is 0.505 e. The van der Waals surface area contributed by atoms with Crippen molar-refractivity contribution < 1.29 is 55.3 Å². The Hall–Kier alpha value is -7.66. The summed E-state index contributed by atoms with van der Waals surface area (Å²) in [6.07, 6.45) is 0. The molecule has 6 aromatic carbocycles. The number of hydrogen-bond acceptors (Lipinski definition) is 14. The average molecular weight is 855 g/mol. The lowest BCUT2D eigenvalue weighted by molar-refractivity contribution is -0.132. The highest BCUT2D eigenvalue weighted by Crippen LogP contribution is 2.43. The lowest BCUT2D eigenvalue weighted by Crippen LogP contribution is -2.29. The predicted octanol–water partition coefficient (Wildman–Crippen LogP) is 7.22. The molecule has 0 fully saturated rings. The van der Waals surface area contributed by atoms with E-state index in [1.165, 1.54) is 98.8 Å². The first-order chi connectivity index (χ1) is 28.3. The van der Waals surface area contributed by atoms with Crippen LogP contribution < -0.4 is 21.3 Å². The lowest BCUT2D eigenvalue weighted by Gasteiger charge is -2.12. The summed E-state index contributed by atoms with van der Waals surface area (Å²) in [6.45, 7) is 2.65. The molecule has 0 radical (unpaired) electrons. The monoisotopic (exact) mass is 854 g/mol. The second-order valence-electron chi connectivity index (χ2n) is 12.7. The van der Waals surface area contributed by atoms with Crippen LogP contribution in [0, 0.1) is 0 Å². The van der Waals surface area contributed by atoms with Crippen molar-refractivity contribution in [2.75, 3.05) is 21.3 Å². The fourth-order valence-electron chi connectivity index (χ4n) is 5.67. The molecule has 8 N–H and O–H groups in total. The summed E-state index contributed by atoms with van der Waals surface area (Å²) in [6, 6.07) is 21.4. The number of hydrogen-bond donors (Lipinski definition) is 8. The van der Waals surface area contributed by atoms with Gasteiger partial charge in [-0.1, -0.05) is 0 Å². The second kappa shape index (κ2) is 16.7. The van der Waals surface area contributed by atoms with Crippen molar-refractivity contribution in [2.24, 2.45) is 20.5 Å². The highest BCUT2D eigenvalue weighted by molar-refractivity contribution is 7.86. The smallest absolute Gasteiger partial charge is 0.314 e. The minimum atomic E-state index is -5.00. The Kier molecular flexibility index (Phi) is 11.7. The second-order valence-corrected chi connectivity index (χ2v) is 15.5. The standard InChI is InChI=1S/C38H30N8O12S2/c1-19(47)39-23-3-7-25(8-4-23)43-45-33-31(59(53,54)55)17-21-15-27(11-13-29(21)35(33)49)41-37(51)38(52)42-28-12-14-30-22(16-28)18-32(60(56,57)58)34(36(30)50)46-44-26-9-5-24(6-10-26)40-20(2)48/h3-18,49-50H,1-2H3,(H,39,47)(H,40,48)(H,41,51)(H,42,52)(H,53,54,55)(H,56,57,58). The zero-order chi connectivity index (χ0) is 43.5. The summed E-state index contributed by atoms with van der Waals surface area (Å²) in [5.41, 5.74) is 0.0836. The Labute approximate surface area is 339 Å². The van der Waals surface area contributed by atoms with Crippen LogP contribution in [-0.2, 0) is 39.4 Å². The van der Waals surface area contributed by atoms with Crippen LogP contribution >= 0.6 is 0 Å².